The summed E-state index contributed by atoms with van der Waals surface area (Å²) in [5, 5.41) is 15.2. The van der Waals surface area contributed by atoms with Crippen molar-refractivity contribution >= 4 is 28.6 Å². The predicted octanol–water partition coefficient (Wildman–Crippen LogP) is 4.10. The first-order chi connectivity index (χ1) is 11.6. The first-order valence-corrected chi connectivity index (χ1v) is 7.73. The lowest BCUT2D eigenvalue weighted by Gasteiger charge is -2.07. The summed E-state index contributed by atoms with van der Waals surface area (Å²) in [6.07, 6.45) is 1.13. The Balaban J connectivity index is 1.64. The fraction of sp³-hybridized carbons (Fsp3) is 0. The molecule has 0 aliphatic rings. The highest BCUT2D eigenvalue weighted by atomic mass is 32.1. The van der Waals surface area contributed by atoms with Crippen LogP contribution in [-0.2, 0) is 0 Å². The second-order valence-corrected chi connectivity index (χ2v) is 5.62. The molecule has 7 nitrogen and oxygen atoms in total. The number of anilines is 1. The number of aromatic nitrogens is 1. The second-order valence-electron chi connectivity index (χ2n) is 4.67. The molecule has 0 unspecified atom stereocenters. The standard InChI is InChI=1S/C16H11N3O4S/c20-16(14-2-1-9-24-14)18-11-3-6-13(7-4-11)23-15-8-5-12(10-17-15)19(21)22/h1-10H,(H,18,20). The van der Waals surface area contributed by atoms with E-state index in [0.29, 0.717) is 16.3 Å². The van der Waals surface area contributed by atoms with Crippen molar-refractivity contribution in [2.24, 2.45) is 0 Å². The van der Waals surface area contributed by atoms with Crippen LogP contribution in [0.2, 0.25) is 0 Å². The number of hydrogen-bond acceptors (Lipinski definition) is 6. The van der Waals surface area contributed by atoms with Crippen LogP contribution >= 0.6 is 11.3 Å². The molecule has 24 heavy (non-hydrogen) atoms. The Morgan fingerprint density at radius 3 is 2.54 bits per heavy atom. The van der Waals surface area contributed by atoms with Gasteiger partial charge in [0.25, 0.3) is 11.6 Å². The van der Waals surface area contributed by atoms with Crippen LogP contribution in [0.4, 0.5) is 11.4 Å². The number of nitrogens with zero attached hydrogens (tertiary/aromatic N) is 2. The molecule has 3 aromatic rings. The van der Waals surface area contributed by atoms with Gasteiger partial charge in [-0.1, -0.05) is 6.07 Å². The van der Waals surface area contributed by atoms with E-state index in [-0.39, 0.29) is 17.5 Å². The maximum atomic E-state index is 11.9. The lowest BCUT2D eigenvalue weighted by molar-refractivity contribution is -0.385. The molecule has 0 aliphatic heterocycles. The fourth-order valence-corrected chi connectivity index (χ4v) is 2.49. The van der Waals surface area contributed by atoms with Gasteiger partial charge in [0.1, 0.15) is 11.9 Å². The zero-order valence-electron chi connectivity index (χ0n) is 12.2. The first kappa shape index (κ1) is 15.6. The SMILES string of the molecule is O=C(Nc1ccc(Oc2ccc([N+](=O)[O-])cn2)cc1)c1cccs1. The van der Waals surface area contributed by atoms with Gasteiger partial charge in [0.05, 0.1) is 9.80 Å². The van der Waals surface area contributed by atoms with E-state index in [9.17, 15) is 14.9 Å². The maximum absolute atomic E-state index is 11.9. The molecule has 1 N–H and O–H groups in total. The highest BCUT2D eigenvalue weighted by molar-refractivity contribution is 7.12. The van der Waals surface area contributed by atoms with Crippen LogP contribution in [0.1, 0.15) is 9.67 Å². The maximum Gasteiger partial charge on any atom is 0.287 e. The molecular formula is C16H11N3O4S. The molecule has 0 radical (unpaired) electrons. The number of carbonyl (C=O) groups is 1. The first-order valence-electron chi connectivity index (χ1n) is 6.85. The third-order valence-electron chi connectivity index (χ3n) is 3.01. The third kappa shape index (κ3) is 3.73. The summed E-state index contributed by atoms with van der Waals surface area (Å²) in [6, 6.07) is 13.0. The van der Waals surface area contributed by atoms with Crippen LogP contribution in [-0.4, -0.2) is 15.8 Å². The molecule has 2 aromatic heterocycles. The van der Waals surface area contributed by atoms with E-state index in [1.165, 1.54) is 23.5 Å². The Kier molecular flexibility index (Phi) is 4.48. The molecule has 2 heterocycles. The number of thiophene rings is 1. The van der Waals surface area contributed by atoms with E-state index in [4.69, 9.17) is 4.74 Å². The van der Waals surface area contributed by atoms with Crippen molar-refractivity contribution in [3.63, 3.8) is 0 Å². The average Bonchev–Trinajstić information content (AvgIpc) is 3.12. The molecule has 8 heteroatoms. The summed E-state index contributed by atoms with van der Waals surface area (Å²) in [7, 11) is 0. The summed E-state index contributed by atoms with van der Waals surface area (Å²) < 4.78 is 5.50. The molecule has 0 aliphatic carbocycles. The van der Waals surface area contributed by atoms with Crippen LogP contribution < -0.4 is 10.1 Å². The highest BCUT2D eigenvalue weighted by Crippen LogP contribution is 2.23. The van der Waals surface area contributed by atoms with Crippen LogP contribution in [0, 0.1) is 10.1 Å². The quantitative estimate of drug-likeness (QED) is 0.557. The van der Waals surface area contributed by atoms with Gasteiger partial charge >= 0.3 is 0 Å². The largest absolute Gasteiger partial charge is 0.439 e. The molecule has 0 saturated heterocycles. The average molecular weight is 341 g/mol. The minimum absolute atomic E-state index is 0.103. The fourth-order valence-electron chi connectivity index (χ4n) is 1.87. The summed E-state index contributed by atoms with van der Waals surface area (Å²) in [6.45, 7) is 0. The number of amides is 1. The van der Waals surface area contributed by atoms with Crippen LogP contribution in [0.5, 0.6) is 11.6 Å². The normalized spacial score (nSPS) is 10.2. The van der Waals surface area contributed by atoms with Crippen LogP contribution in [0.15, 0.2) is 60.1 Å². The van der Waals surface area contributed by atoms with E-state index in [1.54, 1.807) is 30.3 Å². The Bertz CT molecular complexity index is 846. The number of ether oxygens (including phenoxy) is 1. The zero-order chi connectivity index (χ0) is 16.9. The minimum atomic E-state index is -0.526. The lowest BCUT2D eigenvalue weighted by atomic mass is 10.3. The van der Waals surface area contributed by atoms with Gasteiger partial charge in [0.15, 0.2) is 0 Å². The number of nitrogens with one attached hydrogen (secondary N) is 1. The number of rotatable bonds is 5. The number of carbonyl (C=O) groups excluding carboxylic acids is 1. The number of nitro groups is 1. The lowest BCUT2D eigenvalue weighted by Crippen LogP contribution is -2.09. The van der Waals surface area contributed by atoms with Gasteiger partial charge in [0.2, 0.25) is 5.88 Å². The molecule has 0 bridgehead atoms. The molecule has 0 spiro atoms. The summed E-state index contributed by atoms with van der Waals surface area (Å²) >= 11 is 1.37. The van der Waals surface area contributed by atoms with Gasteiger partial charge in [-0.2, -0.15) is 0 Å². The van der Waals surface area contributed by atoms with Gasteiger partial charge < -0.3 is 10.1 Å². The highest BCUT2D eigenvalue weighted by Gasteiger charge is 2.08. The van der Waals surface area contributed by atoms with Gasteiger partial charge in [-0.15, -0.1) is 11.3 Å². The zero-order valence-corrected chi connectivity index (χ0v) is 13.0. The Morgan fingerprint density at radius 2 is 1.96 bits per heavy atom. The molecule has 0 saturated carbocycles. The van der Waals surface area contributed by atoms with E-state index >= 15 is 0 Å². The molecule has 1 aromatic carbocycles. The van der Waals surface area contributed by atoms with E-state index in [0.717, 1.165) is 6.20 Å². The van der Waals surface area contributed by atoms with Crippen molar-refractivity contribution in [2.75, 3.05) is 5.32 Å². The van der Waals surface area contributed by atoms with Crippen molar-refractivity contribution in [1.82, 2.24) is 4.98 Å². The third-order valence-corrected chi connectivity index (χ3v) is 3.88. The smallest absolute Gasteiger partial charge is 0.287 e. The summed E-state index contributed by atoms with van der Waals surface area (Å²) in [5.74, 6) is 0.581. The molecule has 3 rings (SSSR count). The van der Waals surface area contributed by atoms with Gasteiger partial charge in [-0.05, 0) is 35.7 Å². The van der Waals surface area contributed by atoms with Crippen molar-refractivity contribution < 1.29 is 14.5 Å². The monoisotopic (exact) mass is 341 g/mol. The van der Waals surface area contributed by atoms with Gasteiger partial charge in [-0.3, -0.25) is 14.9 Å². The number of hydrogen-bond donors (Lipinski definition) is 1. The number of pyridine rings is 1. The summed E-state index contributed by atoms with van der Waals surface area (Å²) in [4.78, 5) is 26.5. The van der Waals surface area contributed by atoms with Crippen molar-refractivity contribution in [1.29, 1.82) is 0 Å². The Morgan fingerprint density at radius 1 is 1.17 bits per heavy atom. The van der Waals surface area contributed by atoms with Gasteiger partial charge in [0, 0.05) is 17.8 Å². The molecule has 0 atom stereocenters. The van der Waals surface area contributed by atoms with E-state index < -0.39 is 4.92 Å². The van der Waals surface area contributed by atoms with Crippen molar-refractivity contribution in [3.05, 3.63) is 75.1 Å². The minimum Gasteiger partial charge on any atom is -0.439 e. The van der Waals surface area contributed by atoms with Crippen molar-refractivity contribution in [3.8, 4) is 11.6 Å². The Labute approximate surface area is 140 Å². The molecule has 0 fully saturated rings. The summed E-state index contributed by atoms with van der Waals surface area (Å²) in [5.41, 5.74) is 0.534. The number of benzene rings is 1. The topological polar surface area (TPSA) is 94.4 Å². The van der Waals surface area contributed by atoms with Crippen LogP contribution in [0.3, 0.4) is 0 Å². The van der Waals surface area contributed by atoms with E-state index in [1.807, 2.05) is 11.4 Å². The molecule has 120 valence electrons. The van der Waals surface area contributed by atoms with Gasteiger partial charge in [-0.25, -0.2) is 4.98 Å². The predicted molar refractivity (Wildman–Crippen MR) is 89.7 cm³/mol. The Hall–Kier alpha value is -3.26. The molecule has 1 amide bonds. The molecular weight excluding hydrogens is 330 g/mol. The second kappa shape index (κ2) is 6.88. The van der Waals surface area contributed by atoms with E-state index in [2.05, 4.69) is 10.3 Å². The van der Waals surface area contributed by atoms with Crippen molar-refractivity contribution in [2.45, 2.75) is 0 Å². The van der Waals surface area contributed by atoms with Crippen LogP contribution in [0.25, 0.3) is 0 Å².